The molecule has 0 bridgehead atoms. The summed E-state index contributed by atoms with van der Waals surface area (Å²) in [7, 11) is -2.32. The van der Waals surface area contributed by atoms with Crippen LogP contribution in [0.5, 0.6) is 11.5 Å². The normalized spacial score (nSPS) is 11.3. The highest BCUT2D eigenvalue weighted by Crippen LogP contribution is 2.29. The third-order valence-electron chi connectivity index (χ3n) is 3.49. The maximum Gasteiger partial charge on any atom is 0.339 e. The predicted molar refractivity (Wildman–Crippen MR) is 86.2 cm³/mol. The van der Waals surface area contributed by atoms with Gasteiger partial charge in [-0.3, -0.25) is 0 Å². The summed E-state index contributed by atoms with van der Waals surface area (Å²) in [6, 6.07) is 8.66. The zero-order chi connectivity index (χ0) is 16.5. The Hall–Kier alpha value is -2.01. The van der Waals surface area contributed by atoms with E-state index in [0.717, 1.165) is 16.7 Å². The van der Waals surface area contributed by atoms with E-state index < -0.39 is 10.1 Å². The summed E-state index contributed by atoms with van der Waals surface area (Å²) in [4.78, 5) is 0.158. The van der Waals surface area contributed by atoms with Gasteiger partial charge in [0.25, 0.3) is 0 Å². The fourth-order valence-electron chi connectivity index (χ4n) is 2.31. The van der Waals surface area contributed by atoms with Gasteiger partial charge in [-0.2, -0.15) is 8.42 Å². The van der Waals surface area contributed by atoms with E-state index in [0.29, 0.717) is 17.1 Å². The Morgan fingerprint density at radius 3 is 2.05 bits per heavy atom. The quantitative estimate of drug-likeness (QED) is 0.806. The zero-order valence-electron chi connectivity index (χ0n) is 13.4. The number of methoxy groups -OCH3 is 1. The number of hydrogen-bond donors (Lipinski definition) is 0. The van der Waals surface area contributed by atoms with E-state index in [1.807, 2.05) is 26.0 Å². The van der Waals surface area contributed by atoms with Crippen molar-refractivity contribution in [2.45, 2.75) is 32.6 Å². The number of benzene rings is 2. The molecule has 0 amide bonds. The van der Waals surface area contributed by atoms with Crippen LogP contribution >= 0.6 is 0 Å². The molecule has 0 aliphatic rings. The molecule has 0 atom stereocenters. The van der Waals surface area contributed by atoms with Crippen LogP contribution in [0.1, 0.15) is 22.3 Å². The van der Waals surface area contributed by atoms with Crippen molar-refractivity contribution in [2.24, 2.45) is 0 Å². The van der Waals surface area contributed by atoms with Crippen LogP contribution in [0, 0.1) is 27.7 Å². The van der Waals surface area contributed by atoms with Gasteiger partial charge in [0, 0.05) is 0 Å². The minimum absolute atomic E-state index is 0.158. The molecule has 0 saturated carbocycles. The highest BCUT2D eigenvalue weighted by atomic mass is 32.2. The van der Waals surface area contributed by atoms with Crippen LogP contribution in [-0.4, -0.2) is 15.5 Å². The average molecular weight is 320 g/mol. The maximum absolute atomic E-state index is 12.5. The topological polar surface area (TPSA) is 52.6 Å². The summed E-state index contributed by atoms with van der Waals surface area (Å²) in [6.07, 6.45) is 0. The largest absolute Gasteiger partial charge is 0.496 e. The molecule has 0 aliphatic carbocycles. The highest BCUT2D eigenvalue weighted by molar-refractivity contribution is 7.87. The lowest BCUT2D eigenvalue weighted by Crippen LogP contribution is -2.12. The fourth-order valence-corrected chi connectivity index (χ4v) is 3.60. The molecule has 4 nitrogen and oxygen atoms in total. The Balaban J connectivity index is 2.45. The number of ether oxygens (including phenoxy) is 1. The average Bonchev–Trinajstić information content (AvgIpc) is 2.43. The summed E-state index contributed by atoms with van der Waals surface area (Å²) < 4.78 is 35.6. The number of rotatable bonds is 4. The van der Waals surface area contributed by atoms with Crippen LogP contribution in [-0.2, 0) is 10.1 Å². The standard InChI is InChI=1S/C17H20O4S/c1-11-6-7-15(12(2)8-11)21-22(18,19)17-10-13(3)16(20-5)9-14(17)4/h6-10H,1-5H3. The second-order valence-electron chi connectivity index (χ2n) is 5.39. The first-order chi connectivity index (χ1) is 10.2. The summed E-state index contributed by atoms with van der Waals surface area (Å²) in [6.45, 7) is 7.29. The molecule has 22 heavy (non-hydrogen) atoms. The van der Waals surface area contributed by atoms with Crippen molar-refractivity contribution in [1.82, 2.24) is 0 Å². The zero-order valence-corrected chi connectivity index (χ0v) is 14.2. The minimum atomic E-state index is -3.88. The third-order valence-corrected chi connectivity index (χ3v) is 4.87. The van der Waals surface area contributed by atoms with Crippen LogP contribution in [0.25, 0.3) is 0 Å². The van der Waals surface area contributed by atoms with E-state index in [-0.39, 0.29) is 4.90 Å². The van der Waals surface area contributed by atoms with Gasteiger partial charge in [-0.1, -0.05) is 17.7 Å². The fraction of sp³-hybridized carbons (Fsp3) is 0.294. The van der Waals surface area contributed by atoms with Crippen molar-refractivity contribution < 1.29 is 17.3 Å². The summed E-state index contributed by atoms with van der Waals surface area (Å²) in [5.74, 6) is 1.00. The van der Waals surface area contributed by atoms with Crippen molar-refractivity contribution >= 4 is 10.1 Å². The molecule has 0 spiro atoms. The Bertz CT molecular complexity index is 808. The van der Waals surface area contributed by atoms with Crippen molar-refractivity contribution in [3.63, 3.8) is 0 Å². The van der Waals surface area contributed by atoms with E-state index in [1.54, 1.807) is 39.2 Å². The van der Waals surface area contributed by atoms with Crippen LogP contribution in [0.2, 0.25) is 0 Å². The van der Waals surface area contributed by atoms with Gasteiger partial charge in [0.1, 0.15) is 16.4 Å². The first-order valence-electron chi connectivity index (χ1n) is 6.91. The molecular formula is C17H20O4S. The van der Waals surface area contributed by atoms with Gasteiger partial charge >= 0.3 is 10.1 Å². The van der Waals surface area contributed by atoms with Crippen molar-refractivity contribution in [1.29, 1.82) is 0 Å². The molecule has 0 saturated heterocycles. The van der Waals surface area contributed by atoms with E-state index in [1.165, 1.54) is 0 Å². The molecule has 5 heteroatoms. The Labute approximate surface area is 131 Å². The molecule has 2 aromatic carbocycles. The molecule has 0 fully saturated rings. The molecular weight excluding hydrogens is 300 g/mol. The first-order valence-corrected chi connectivity index (χ1v) is 8.32. The summed E-state index contributed by atoms with van der Waals surface area (Å²) in [5, 5.41) is 0. The molecule has 0 aliphatic heterocycles. The molecule has 0 radical (unpaired) electrons. The van der Waals surface area contributed by atoms with E-state index in [2.05, 4.69) is 0 Å². The lowest BCUT2D eigenvalue weighted by molar-refractivity contribution is 0.410. The van der Waals surface area contributed by atoms with Gasteiger partial charge in [0.05, 0.1) is 7.11 Å². The van der Waals surface area contributed by atoms with Gasteiger partial charge in [-0.25, -0.2) is 0 Å². The third kappa shape index (κ3) is 3.25. The van der Waals surface area contributed by atoms with Crippen LogP contribution in [0.15, 0.2) is 35.2 Å². The Morgan fingerprint density at radius 2 is 1.45 bits per heavy atom. The Morgan fingerprint density at radius 1 is 0.818 bits per heavy atom. The molecule has 118 valence electrons. The van der Waals surface area contributed by atoms with E-state index in [4.69, 9.17) is 8.92 Å². The molecule has 2 rings (SSSR count). The van der Waals surface area contributed by atoms with Gasteiger partial charge < -0.3 is 8.92 Å². The van der Waals surface area contributed by atoms with Crippen LogP contribution < -0.4 is 8.92 Å². The van der Waals surface area contributed by atoms with Crippen LogP contribution in [0.3, 0.4) is 0 Å². The molecule has 0 heterocycles. The van der Waals surface area contributed by atoms with Gasteiger partial charge in [-0.15, -0.1) is 0 Å². The van der Waals surface area contributed by atoms with Crippen molar-refractivity contribution in [3.05, 3.63) is 52.6 Å². The molecule has 0 aromatic heterocycles. The lowest BCUT2D eigenvalue weighted by Gasteiger charge is -2.14. The SMILES string of the molecule is COc1cc(C)c(S(=O)(=O)Oc2ccc(C)cc2C)cc1C. The monoisotopic (exact) mass is 320 g/mol. The maximum atomic E-state index is 12.5. The predicted octanol–water partition coefficient (Wildman–Crippen LogP) is 3.70. The van der Waals surface area contributed by atoms with Crippen LogP contribution in [0.4, 0.5) is 0 Å². The second-order valence-corrected chi connectivity index (χ2v) is 6.91. The van der Waals surface area contributed by atoms with Gasteiger partial charge in [0.2, 0.25) is 0 Å². The van der Waals surface area contributed by atoms with Crippen molar-refractivity contribution in [2.75, 3.05) is 7.11 Å². The van der Waals surface area contributed by atoms with Gasteiger partial charge in [0.15, 0.2) is 0 Å². The summed E-state index contributed by atoms with van der Waals surface area (Å²) >= 11 is 0. The van der Waals surface area contributed by atoms with E-state index in [9.17, 15) is 8.42 Å². The molecule has 2 aromatic rings. The van der Waals surface area contributed by atoms with Crippen molar-refractivity contribution in [3.8, 4) is 11.5 Å². The smallest absolute Gasteiger partial charge is 0.339 e. The van der Waals surface area contributed by atoms with E-state index >= 15 is 0 Å². The number of aryl methyl sites for hydroxylation is 4. The summed E-state index contributed by atoms with van der Waals surface area (Å²) in [5.41, 5.74) is 3.17. The second kappa shape index (κ2) is 6.01. The molecule has 0 unspecified atom stereocenters. The number of hydrogen-bond acceptors (Lipinski definition) is 4. The first kappa shape index (κ1) is 16.4. The highest BCUT2D eigenvalue weighted by Gasteiger charge is 2.21. The Kier molecular flexibility index (Phi) is 4.47. The molecule has 0 N–H and O–H groups in total. The van der Waals surface area contributed by atoms with Gasteiger partial charge in [-0.05, 0) is 62.6 Å². The minimum Gasteiger partial charge on any atom is -0.496 e. The lowest BCUT2D eigenvalue weighted by atomic mass is 10.1.